The van der Waals surface area contributed by atoms with E-state index in [0.717, 1.165) is 55.8 Å². The van der Waals surface area contributed by atoms with Crippen molar-refractivity contribution in [1.29, 1.82) is 0 Å². The van der Waals surface area contributed by atoms with Crippen molar-refractivity contribution < 1.29 is 4.79 Å². The SMILES string of the molecule is CC(C)C(=O)N1CCCC1c1cc2nc3c(c(=O)n2[nH]1)CCN(C(C)C)C3. The van der Waals surface area contributed by atoms with Crippen molar-refractivity contribution in [2.45, 2.75) is 65.6 Å². The Kier molecular flexibility index (Phi) is 4.58. The maximum atomic E-state index is 13.0. The van der Waals surface area contributed by atoms with Gasteiger partial charge >= 0.3 is 0 Å². The molecule has 0 spiro atoms. The average Bonchev–Trinajstić information content (AvgIpc) is 3.27. The molecule has 2 aliphatic heterocycles. The second kappa shape index (κ2) is 6.78. The molecule has 27 heavy (non-hydrogen) atoms. The zero-order valence-corrected chi connectivity index (χ0v) is 16.7. The highest BCUT2D eigenvalue weighted by Gasteiger charge is 2.33. The zero-order chi connectivity index (χ0) is 19.3. The van der Waals surface area contributed by atoms with Gasteiger partial charge in [-0.05, 0) is 33.1 Å². The van der Waals surface area contributed by atoms with Gasteiger partial charge in [0.15, 0.2) is 5.65 Å². The third-order valence-electron chi connectivity index (χ3n) is 5.93. The van der Waals surface area contributed by atoms with E-state index in [2.05, 4.69) is 23.8 Å². The lowest BCUT2D eigenvalue weighted by Crippen LogP contribution is -2.39. The van der Waals surface area contributed by atoms with E-state index in [-0.39, 0.29) is 23.4 Å². The first-order chi connectivity index (χ1) is 12.9. The normalized spacial score (nSPS) is 20.8. The molecule has 1 unspecified atom stereocenters. The topological polar surface area (TPSA) is 73.7 Å². The standard InChI is InChI=1S/C20H29N5O2/c1-12(2)19(26)24-8-5-6-17(24)15-10-18-21-16-11-23(13(3)4)9-7-14(16)20(27)25(18)22-15/h10,12-13,17,22H,5-9,11H2,1-4H3. The Morgan fingerprint density at radius 1 is 1.26 bits per heavy atom. The van der Waals surface area contributed by atoms with Crippen molar-refractivity contribution in [3.63, 3.8) is 0 Å². The molecule has 1 fully saturated rings. The van der Waals surface area contributed by atoms with Crippen LogP contribution in [0.1, 0.15) is 63.5 Å². The summed E-state index contributed by atoms with van der Waals surface area (Å²) in [6, 6.07) is 2.39. The van der Waals surface area contributed by atoms with Gasteiger partial charge in [0.1, 0.15) is 0 Å². The summed E-state index contributed by atoms with van der Waals surface area (Å²) < 4.78 is 1.57. The van der Waals surface area contributed by atoms with Crippen LogP contribution in [0.25, 0.3) is 5.65 Å². The van der Waals surface area contributed by atoms with Crippen LogP contribution in [0.4, 0.5) is 0 Å². The van der Waals surface area contributed by atoms with Crippen LogP contribution in [0, 0.1) is 5.92 Å². The van der Waals surface area contributed by atoms with Gasteiger partial charge in [-0.15, -0.1) is 0 Å². The van der Waals surface area contributed by atoms with E-state index < -0.39 is 0 Å². The Balaban J connectivity index is 1.72. The van der Waals surface area contributed by atoms with E-state index in [1.807, 2.05) is 24.8 Å². The van der Waals surface area contributed by atoms with Gasteiger partial charge in [-0.25, -0.2) is 9.50 Å². The van der Waals surface area contributed by atoms with Gasteiger partial charge in [-0.2, -0.15) is 0 Å². The van der Waals surface area contributed by atoms with Gasteiger partial charge < -0.3 is 4.90 Å². The molecule has 0 aliphatic carbocycles. The Morgan fingerprint density at radius 3 is 2.74 bits per heavy atom. The average molecular weight is 371 g/mol. The second-order valence-electron chi connectivity index (χ2n) is 8.41. The molecule has 4 rings (SSSR count). The first kappa shape index (κ1) is 18.2. The quantitative estimate of drug-likeness (QED) is 0.897. The van der Waals surface area contributed by atoms with E-state index in [1.165, 1.54) is 0 Å². The molecule has 7 nitrogen and oxygen atoms in total. The predicted molar refractivity (Wildman–Crippen MR) is 104 cm³/mol. The second-order valence-corrected chi connectivity index (χ2v) is 8.41. The number of nitrogens with one attached hydrogen (secondary N) is 1. The predicted octanol–water partition coefficient (Wildman–Crippen LogP) is 2.11. The molecular formula is C20H29N5O2. The molecular weight excluding hydrogens is 342 g/mol. The molecule has 1 atom stereocenters. The lowest BCUT2D eigenvalue weighted by Gasteiger charge is -2.30. The molecule has 0 bridgehead atoms. The van der Waals surface area contributed by atoms with Crippen molar-refractivity contribution in [3.8, 4) is 0 Å². The molecule has 1 N–H and O–H groups in total. The molecule has 2 aliphatic rings. The van der Waals surface area contributed by atoms with Gasteiger partial charge in [-0.3, -0.25) is 19.6 Å². The van der Waals surface area contributed by atoms with Crippen LogP contribution < -0.4 is 5.56 Å². The summed E-state index contributed by atoms with van der Waals surface area (Å²) in [6.07, 6.45) is 2.64. The number of carbonyl (C=O) groups excluding carboxylic acids is 1. The van der Waals surface area contributed by atoms with E-state index in [0.29, 0.717) is 11.7 Å². The fraction of sp³-hybridized carbons (Fsp3) is 0.650. The number of H-pyrrole nitrogens is 1. The van der Waals surface area contributed by atoms with Gasteiger partial charge in [0.2, 0.25) is 5.91 Å². The van der Waals surface area contributed by atoms with Crippen molar-refractivity contribution in [2.24, 2.45) is 5.92 Å². The highest BCUT2D eigenvalue weighted by Crippen LogP contribution is 2.32. The Labute approximate surface area is 159 Å². The lowest BCUT2D eigenvalue weighted by atomic mass is 10.1. The minimum absolute atomic E-state index is 0.00406. The molecule has 2 aromatic heterocycles. The summed E-state index contributed by atoms with van der Waals surface area (Å²) in [4.78, 5) is 34.6. The van der Waals surface area contributed by atoms with Crippen LogP contribution in [0.2, 0.25) is 0 Å². The molecule has 0 aromatic carbocycles. The Bertz CT molecular complexity index is 926. The number of amides is 1. The van der Waals surface area contributed by atoms with E-state index in [1.54, 1.807) is 4.52 Å². The molecule has 1 saturated heterocycles. The minimum atomic E-state index is -0.0230. The molecule has 146 valence electrons. The summed E-state index contributed by atoms with van der Waals surface area (Å²) in [5, 5.41) is 3.25. The summed E-state index contributed by atoms with van der Waals surface area (Å²) in [5.74, 6) is 0.147. The van der Waals surface area contributed by atoms with Crippen LogP contribution in [0.3, 0.4) is 0 Å². The van der Waals surface area contributed by atoms with Crippen LogP contribution in [-0.2, 0) is 17.8 Å². The highest BCUT2D eigenvalue weighted by atomic mass is 16.2. The number of rotatable bonds is 3. The van der Waals surface area contributed by atoms with Crippen LogP contribution in [-0.4, -0.2) is 49.4 Å². The fourth-order valence-electron chi connectivity index (χ4n) is 4.33. The molecule has 7 heteroatoms. The zero-order valence-electron chi connectivity index (χ0n) is 16.7. The van der Waals surface area contributed by atoms with E-state index >= 15 is 0 Å². The van der Waals surface area contributed by atoms with Crippen LogP contribution >= 0.6 is 0 Å². The van der Waals surface area contributed by atoms with Crippen molar-refractivity contribution >= 4 is 11.6 Å². The Hall–Kier alpha value is -2.15. The van der Waals surface area contributed by atoms with Crippen molar-refractivity contribution in [3.05, 3.63) is 33.4 Å². The number of fused-ring (bicyclic) bond motifs is 2. The number of nitrogens with zero attached hydrogens (tertiary/aromatic N) is 4. The van der Waals surface area contributed by atoms with E-state index in [9.17, 15) is 9.59 Å². The molecule has 2 aromatic rings. The van der Waals surface area contributed by atoms with Gasteiger partial charge in [0.05, 0.1) is 17.4 Å². The summed E-state index contributed by atoms with van der Waals surface area (Å²) >= 11 is 0. The smallest absolute Gasteiger partial charge is 0.276 e. The lowest BCUT2D eigenvalue weighted by molar-refractivity contribution is -0.135. The molecule has 1 amide bonds. The number of likely N-dealkylation sites (tertiary alicyclic amines) is 1. The third-order valence-corrected chi connectivity index (χ3v) is 5.93. The van der Waals surface area contributed by atoms with E-state index in [4.69, 9.17) is 4.98 Å². The maximum Gasteiger partial charge on any atom is 0.276 e. The monoisotopic (exact) mass is 371 g/mol. The fourth-order valence-corrected chi connectivity index (χ4v) is 4.33. The van der Waals surface area contributed by atoms with Crippen LogP contribution in [0.15, 0.2) is 10.9 Å². The molecule has 0 saturated carbocycles. The number of carbonyl (C=O) groups is 1. The first-order valence-corrected chi connectivity index (χ1v) is 10.0. The highest BCUT2D eigenvalue weighted by molar-refractivity contribution is 5.78. The summed E-state index contributed by atoms with van der Waals surface area (Å²) in [5.41, 5.74) is 3.29. The van der Waals surface area contributed by atoms with Crippen molar-refractivity contribution in [2.75, 3.05) is 13.1 Å². The largest absolute Gasteiger partial charge is 0.334 e. The number of hydrogen-bond acceptors (Lipinski definition) is 4. The maximum absolute atomic E-state index is 13.0. The Morgan fingerprint density at radius 2 is 2.04 bits per heavy atom. The molecule has 0 radical (unpaired) electrons. The molecule has 4 heterocycles. The number of hydrogen-bond donors (Lipinski definition) is 1. The third kappa shape index (κ3) is 3.08. The van der Waals surface area contributed by atoms with Gasteiger partial charge in [0.25, 0.3) is 5.56 Å². The van der Waals surface area contributed by atoms with Gasteiger partial charge in [0, 0.05) is 43.2 Å². The first-order valence-electron chi connectivity index (χ1n) is 10.0. The minimum Gasteiger partial charge on any atom is -0.334 e. The van der Waals surface area contributed by atoms with Gasteiger partial charge in [-0.1, -0.05) is 13.8 Å². The van der Waals surface area contributed by atoms with Crippen LogP contribution in [0.5, 0.6) is 0 Å². The van der Waals surface area contributed by atoms with Crippen molar-refractivity contribution in [1.82, 2.24) is 24.4 Å². The number of aromatic amines is 1. The summed E-state index contributed by atoms with van der Waals surface area (Å²) in [6.45, 7) is 10.6. The number of aromatic nitrogens is 3. The summed E-state index contributed by atoms with van der Waals surface area (Å²) in [7, 11) is 0.